The first-order valence-corrected chi connectivity index (χ1v) is 31.0. The van der Waals surface area contributed by atoms with Gasteiger partial charge in [0.05, 0.1) is 18.3 Å². The van der Waals surface area contributed by atoms with E-state index in [-0.39, 0.29) is 25.4 Å². The van der Waals surface area contributed by atoms with E-state index in [1.54, 1.807) is 146 Å². The Bertz CT molecular complexity index is 2240. The molecule has 0 aromatic rings. The first kappa shape index (κ1) is 82.4. The Morgan fingerprint density at radius 1 is 0.356 bits per heavy atom. The summed E-state index contributed by atoms with van der Waals surface area (Å²) in [4.78, 5) is 118. The summed E-state index contributed by atoms with van der Waals surface area (Å²) in [6.45, 7) is 34.6. The predicted molar refractivity (Wildman–Crippen MR) is 327 cm³/mol. The number of nitrogens with zero attached hydrogens (tertiary/aromatic N) is 3. The average Bonchev–Trinajstić information content (AvgIpc) is 0.858. The molecule has 27 nitrogen and oxygen atoms in total. The molecule has 0 unspecified atom stereocenters. The summed E-state index contributed by atoms with van der Waals surface area (Å²) < 4.78 is 64.8. The number of aliphatic hydroxyl groups excluding tert-OH is 3. The van der Waals surface area contributed by atoms with Crippen LogP contribution in [0.25, 0.3) is 0 Å². The van der Waals surface area contributed by atoms with Gasteiger partial charge in [0.2, 0.25) is 0 Å². The molecule has 3 fully saturated rings. The van der Waals surface area contributed by atoms with Gasteiger partial charge in [-0.3, -0.25) is 0 Å². The van der Waals surface area contributed by atoms with Gasteiger partial charge in [-0.25, -0.2) is 43.2 Å². The summed E-state index contributed by atoms with van der Waals surface area (Å²) in [5.41, 5.74) is -5.29. The van der Waals surface area contributed by atoms with Gasteiger partial charge in [0.25, 0.3) is 0 Å². The number of rotatable bonds is 6. The fourth-order valence-electron chi connectivity index (χ4n) is 9.24. The van der Waals surface area contributed by atoms with Gasteiger partial charge < -0.3 is 72.2 Å². The number of methoxy groups -OCH3 is 3. The Morgan fingerprint density at radius 3 is 0.844 bits per heavy atom. The quantitative estimate of drug-likeness (QED) is 0.164. The van der Waals surface area contributed by atoms with Crippen molar-refractivity contribution in [2.24, 2.45) is 0 Å². The van der Waals surface area contributed by atoms with E-state index in [1.807, 2.05) is 0 Å². The number of carbonyl (C=O) groups is 9. The van der Waals surface area contributed by atoms with Crippen molar-refractivity contribution in [1.29, 1.82) is 0 Å². The summed E-state index contributed by atoms with van der Waals surface area (Å²) in [6.07, 6.45) is -7.63. The normalized spacial score (nSPS) is 26.4. The monoisotopic (exact) mass is 1290 g/mol. The molecule has 0 spiro atoms. The highest BCUT2D eigenvalue weighted by atomic mass is 16.6. The van der Waals surface area contributed by atoms with Crippen LogP contribution in [0.3, 0.4) is 0 Å². The van der Waals surface area contributed by atoms with Crippen molar-refractivity contribution in [1.82, 2.24) is 14.7 Å². The molecule has 3 aliphatic heterocycles. The molecule has 3 N–H and O–H groups in total. The molecule has 3 aliphatic rings. The summed E-state index contributed by atoms with van der Waals surface area (Å²) >= 11 is 0. The van der Waals surface area contributed by atoms with Gasteiger partial charge in [0, 0.05) is 21.3 Å². The SMILES string of the molecule is CO[C@H]1CCCC[C@H](N(C(=O)OC(C)(C)C)C(=O)OC(C)(C)C)C(=O)O[C@@H](C)[C@@H]1O.CO[C@H]1[C@H](C)OC(=O)[C@@H](N(C(=O)OC(C)(C)C)C(=O)OC(C)(C)C)CCCC[C@@H]1OC.C[C@@H]1OC(=O)[C@@H](N(C(=O)OC(C)(C)C)C(=O)OC(C)(C)C)CCCC[C@H](O)[C@H]1O. The highest BCUT2D eigenvalue weighted by Gasteiger charge is 2.46. The van der Waals surface area contributed by atoms with Gasteiger partial charge in [-0.05, 0) is 184 Å². The first-order valence-electron chi connectivity index (χ1n) is 31.0. The third-order valence-electron chi connectivity index (χ3n) is 13.3. The van der Waals surface area contributed by atoms with Crippen LogP contribution in [0.15, 0.2) is 0 Å². The second-order valence-corrected chi connectivity index (χ2v) is 28.6. The molecule has 0 aromatic carbocycles. The zero-order valence-corrected chi connectivity index (χ0v) is 58.2. The molecular formula is C63H111N3O24. The molecule has 0 aliphatic carbocycles. The van der Waals surface area contributed by atoms with Crippen LogP contribution in [0.4, 0.5) is 28.8 Å². The van der Waals surface area contributed by atoms with Gasteiger partial charge >= 0.3 is 54.5 Å². The summed E-state index contributed by atoms with van der Waals surface area (Å²) in [7, 11) is 4.61. The number of esters is 3. The van der Waals surface area contributed by atoms with Crippen LogP contribution in [0, 0.1) is 0 Å². The van der Waals surface area contributed by atoms with E-state index in [2.05, 4.69) is 0 Å². The molecule has 0 saturated carbocycles. The third-order valence-corrected chi connectivity index (χ3v) is 13.3. The van der Waals surface area contributed by atoms with Crippen molar-refractivity contribution in [3.63, 3.8) is 0 Å². The topological polar surface area (TPSA) is 335 Å². The molecule has 0 radical (unpaired) electrons. The molecule has 27 heteroatoms. The highest BCUT2D eigenvalue weighted by Crippen LogP contribution is 2.29. The molecule has 12 atom stereocenters. The number of hydrogen-bond donors (Lipinski definition) is 3. The van der Waals surface area contributed by atoms with E-state index in [0.29, 0.717) is 67.6 Å². The predicted octanol–water partition coefficient (Wildman–Crippen LogP) is 10.2. The van der Waals surface area contributed by atoms with E-state index in [9.17, 15) is 58.5 Å². The molecule has 6 amide bonds. The smallest absolute Gasteiger partial charge is 0.420 e. The van der Waals surface area contributed by atoms with Gasteiger partial charge in [-0.15, -0.1) is 0 Å². The standard InChI is InChI=1S/C22H39NO8.C21H37NO8.C20H35NO8/c1-14-17(28-9)16(27-8)13-11-10-12-15(18(24)29-14)23(19(25)30-21(2,3)4)20(26)31-22(5,6)7;1-13-16(23)15(27-8)12-10-9-11-14(17(24)28-13)22(18(25)29-20(2,3)4)19(26)30-21(5,6)7;1-12-15(23)14(22)11-9-8-10-13(16(24)27-12)21(17(25)28-19(2,3)4)18(26)29-20(5,6)7/h14-17H,10-13H2,1-9H3;13-16,23H,9-12H2,1-8H3;12-15,22-23H,8-11H2,1-7H3/t14-,15-,16-,17-;13-,14-,15-,16-;12-,13-,14-,15-/m000/s1. The Labute approximate surface area is 533 Å². The third kappa shape index (κ3) is 29.8. The minimum Gasteiger partial charge on any atom is -0.458 e. The van der Waals surface area contributed by atoms with Crippen LogP contribution in [0.5, 0.6) is 0 Å². The molecule has 3 rings (SSSR count). The van der Waals surface area contributed by atoms with E-state index < -0.39 is 155 Å². The van der Waals surface area contributed by atoms with Crippen LogP contribution < -0.4 is 0 Å². The molecule has 0 bridgehead atoms. The molecular weight excluding hydrogens is 1180 g/mol. The minimum atomic E-state index is -1.27. The number of imide groups is 3. The van der Waals surface area contributed by atoms with Gasteiger partial charge in [-0.1, -0.05) is 38.5 Å². The van der Waals surface area contributed by atoms with Crippen molar-refractivity contribution in [2.75, 3.05) is 21.3 Å². The molecule has 3 heterocycles. The fourth-order valence-corrected chi connectivity index (χ4v) is 9.24. The average molecular weight is 1290 g/mol. The van der Waals surface area contributed by atoms with Gasteiger partial charge in [-0.2, -0.15) is 14.7 Å². The largest absolute Gasteiger partial charge is 0.458 e. The Kier molecular flexibility index (Phi) is 32.4. The zero-order chi connectivity index (χ0) is 69.8. The Hall–Kier alpha value is -5.61. The van der Waals surface area contributed by atoms with E-state index in [4.69, 9.17) is 56.8 Å². The van der Waals surface area contributed by atoms with Crippen LogP contribution in [-0.2, 0) is 71.2 Å². The maximum absolute atomic E-state index is 13.1. The van der Waals surface area contributed by atoms with Gasteiger partial charge in [0.1, 0.15) is 88.4 Å². The van der Waals surface area contributed by atoms with Gasteiger partial charge in [0.15, 0.2) is 0 Å². The fraction of sp³-hybridized carbons (Fsp3) is 0.857. The van der Waals surface area contributed by atoms with Crippen molar-refractivity contribution in [3.05, 3.63) is 0 Å². The second kappa shape index (κ2) is 35.4. The van der Waals surface area contributed by atoms with Crippen molar-refractivity contribution >= 4 is 54.5 Å². The second-order valence-electron chi connectivity index (χ2n) is 28.6. The number of aliphatic hydroxyl groups is 3. The molecule has 0 aromatic heterocycles. The highest BCUT2D eigenvalue weighted by molar-refractivity contribution is 5.96. The Morgan fingerprint density at radius 2 is 0.589 bits per heavy atom. The maximum atomic E-state index is 13.1. The number of cyclic esters (lactones) is 3. The maximum Gasteiger partial charge on any atom is 0.420 e. The van der Waals surface area contributed by atoms with Crippen LogP contribution in [0.1, 0.15) is 222 Å². The van der Waals surface area contributed by atoms with Crippen molar-refractivity contribution in [3.8, 4) is 0 Å². The number of carbonyl (C=O) groups excluding carboxylic acids is 9. The minimum absolute atomic E-state index is 0.118. The van der Waals surface area contributed by atoms with E-state index in [0.717, 1.165) is 4.90 Å². The van der Waals surface area contributed by atoms with E-state index in [1.165, 1.54) is 21.1 Å². The van der Waals surface area contributed by atoms with E-state index >= 15 is 0 Å². The summed E-state index contributed by atoms with van der Waals surface area (Å²) in [5, 5.41) is 30.5. The van der Waals surface area contributed by atoms with Crippen LogP contribution >= 0.6 is 0 Å². The lowest BCUT2D eigenvalue weighted by Gasteiger charge is -2.35. The molecule has 90 heavy (non-hydrogen) atoms. The van der Waals surface area contributed by atoms with Crippen LogP contribution in [0.2, 0.25) is 0 Å². The number of hydrogen-bond acceptors (Lipinski definition) is 24. The number of amides is 6. The van der Waals surface area contributed by atoms with Crippen molar-refractivity contribution in [2.45, 2.75) is 329 Å². The first-order chi connectivity index (χ1) is 41.0. The zero-order valence-electron chi connectivity index (χ0n) is 58.2. The number of ether oxygens (including phenoxy) is 12. The lowest BCUT2D eigenvalue weighted by molar-refractivity contribution is -0.169. The molecule has 522 valence electrons. The summed E-state index contributed by atoms with van der Waals surface area (Å²) in [6, 6.07) is -3.68. The lowest BCUT2D eigenvalue weighted by Crippen LogP contribution is -2.54. The van der Waals surface area contributed by atoms with Crippen molar-refractivity contribution < 1.29 is 115 Å². The van der Waals surface area contributed by atoms with Crippen LogP contribution in [-0.4, -0.2) is 212 Å². The summed E-state index contributed by atoms with van der Waals surface area (Å²) in [5.74, 6) is -2.40. The molecule has 3 saturated heterocycles. The lowest BCUT2D eigenvalue weighted by atomic mass is 9.98. The Balaban J connectivity index is 0.000000675.